The lowest BCUT2D eigenvalue weighted by atomic mass is 9.87. The maximum atomic E-state index is 2.55. The van der Waals surface area contributed by atoms with E-state index in [9.17, 15) is 0 Å². The van der Waals surface area contributed by atoms with E-state index in [4.69, 9.17) is 0 Å². The fourth-order valence-electron chi connectivity index (χ4n) is 4.25. The van der Waals surface area contributed by atoms with Gasteiger partial charge in [-0.15, -0.1) is 0 Å². The van der Waals surface area contributed by atoms with Crippen LogP contribution < -0.4 is 0 Å². The van der Waals surface area contributed by atoms with Crippen LogP contribution in [0.2, 0.25) is 0 Å². The quantitative estimate of drug-likeness (QED) is 0.680. The third kappa shape index (κ3) is 1.81. The third-order valence-corrected chi connectivity index (χ3v) is 4.85. The molecule has 2 aliphatic rings. The van der Waals surface area contributed by atoms with Crippen LogP contribution in [0.4, 0.5) is 0 Å². The number of hydrogen-bond acceptors (Lipinski definition) is 0. The summed E-state index contributed by atoms with van der Waals surface area (Å²) in [7, 11) is 0. The van der Waals surface area contributed by atoms with Gasteiger partial charge in [-0.05, 0) is 70.8 Å². The largest absolute Gasteiger partial charge is 0.0613 e. The lowest BCUT2D eigenvalue weighted by Crippen LogP contribution is -2.11. The highest BCUT2D eigenvalue weighted by Gasteiger charge is 2.36. The predicted octanol–water partition coefficient (Wildman–Crippen LogP) is 4.50. The van der Waals surface area contributed by atoms with Crippen molar-refractivity contribution in [3.05, 3.63) is 33.9 Å². The summed E-state index contributed by atoms with van der Waals surface area (Å²) in [5.74, 6) is 0. The summed E-state index contributed by atoms with van der Waals surface area (Å²) in [5.41, 5.74) is 9.41. The van der Waals surface area contributed by atoms with E-state index in [0.717, 1.165) is 0 Å². The Labute approximate surface area is 112 Å². The standard InChI is InChI=1S/C18H26/c1-6-14-15-10-17(2,3)8-12(15)7-13-9-18(4,5)11-16(13)14/h7H,6,8-11H2,1-5H3. The molecule has 0 amide bonds. The molecule has 0 atom stereocenters. The van der Waals surface area contributed by atoms with Crippen LogP contribution in [0.5, 0.6) is 0 Å². The first-order valence-corrected chi connectivity index (χ1v) is 7.47. The molecule has 0 nitrogen and oxygen atoms in total. The van der Waals surface area contributed by atoms with E-state index < -0.39 is 0 Å². The fraction of sp³-hybridized carbons (Fsp3) is 0.667. The maximum absolute atomic E-state index is 2.55. The number of fused-ring (bicyclic) bond motifs is 2. The molecule has 2 aliphatic carbocycles. The van der Waals surface area contributed by atoms with Crippen molar-refractivity contribution in [1.29, 1.82) is 0 Å². The fourth-order valence-corrected chi connectivity index (χ4v) is 4.25. The molecule has 0 radical (unpaired) electrons. The Bertz CT molecular complexity index is 461. The van der Waals surface area contributed by atoms with Crippen molar-refractivity contribution in [2.24, 2.45) is 10.8 Å². The molecule has 0 fully saturated rings. The zero-order valence-corrected chi connectivity index (χ0v) is 12.6. The molecule has 0 saturated heterocycles. The van der Waals surface area contributed by atoms with Gasteiger partial charge in [0.1, 0.15) is 0 Å². The van der Waals surface area contributed by atoms with Crippen LogP contribution in [0.1, 0.15) is 62.4 Å². The first kappa shape index (κ1) is 12.3. The molecule has 0 aromatic heterocycles. The number of benzene rings is 1. The zero-order chi connectivity index (χ0) is 13.1. The summed E-state index contributed by atoms with van der Waals surface area (Å²) in [4.78, 5) is 0. The second-order valence-corrected chi connectivity index (χ2v) is 8.02. The Morgan fingerprint density at radius 3 is 1.67 bits per heavy atom. The minimum atomic E-state index is 0.483. The lowest BCUT2D eigenvalue weighted by molar-refractivity contribution is 0.387. The maximum Gasteiger partial charge on any atom is -0.0218 e. The summed E-state index contributed by atoms with van der Waals surface area (Å²) < 4.78 is 0. The molecular formula is C18H26. The molecule has 0 saturated carbocycles. The van der Waals surface area contributed by atoms with Crippen molar-refractivity contribution >= 4 is 0 Å². The third-order valence-electron chi connectivity index (χ3n) is 4.85. The monoisotopic (exact) mass is 242 g/mol. The van der Waals surface area contributed by atoms with Crippen molar-refractivity contribution in [1.82, 2.24) is 0 Å². The van der Waals surface area contributed by atoms with Gasteiger partial charge in [-0.1, -0.05) is 40.7 Å². The molecule has 0 heterocycles. The lowest BCUT2D eigenvalue weighted by Gasteiger charge is -2.17. The van der Waals surface area contributed by atoms with Gasteiger partial charge < -0.3 is 0 Å². The molecule has 3 rings (SSSR count). The molecule has 0 N–H and O–H groups in total. The van der Waals surface area contributed by atoms with Gasteiger partial charge in [0.05, 0.1) is 0 Å². The summed E-state index contributed by atoms with van der Waals surface area (Å²) in [6.45, 7) is 12.0. The van der Waals surface area contributed by atoms with Crippen LogP contribution in [0.15, 0.2) is 6.07 Å². The Hall–Kier alpha value is -0.780. The summed E-state index contributed by atoms with van der Waals surface area (Å²) in [6.07, 6.45) is 6.36. The van der Waals surface area contributed by atoms with E-state index in [1.165, 1.54) is 32.1 Å². The van der Waals surface area contributed by atoms with E-state index in [-0.39, 0.29) is 0 Å². The van der Waals surface area contributed by atoms with E-state index in [1.54, 1.807) is 27.8 Å². The van der Waals surface area contributed by atoms with Gasteiger partial charge in [0.2, 0.25) is 0 Å². The van der Waals surface area contributed by atoms with E-state index in [2.05, 4.69) is 40.7 Å². The Kier molecular flexibility index (Phi) is 2.47. The first-order valence-electron chi connectivity index (χ1n) is 7.47. The van der Waals surface area contributed by atoms with Crippen LogP contribution in [-0.4, -0.2) is 0 Å². The van der Waals surface area contributed by atoms with Crippen LogP contribution >= 0.6 is 0 Å². The van der Waals surface area contributed by atoms with Gasteiger partial charge >= 0.3 is 0 Å². The van der Waals surface area contributed by atoms with E-state index >= 15 is 0 Å². The minimum absolute atomic E-state index is 0.483. The van der Waals surface area contributed by atoms with Gasteiger partial charge in [0, 0.05) is 0 Å². The van der Waals surface area contributed by atoms with Gasteiger partial charge in [-0.2, -0.15) is 0 Å². The highest BCUT2D eigenvalue weighted by atomic mass is 14.4. The molecule has 0 heteroatoms. The molecule has 0 unspecified atom stereocenters. The van der Waals surface area contributed by atoms with Crippen LogP contribution in [0.25, 0.3) is 0 Å². The molecule has 1 aromatic rings. The smallest absolute Gasteiger partial charge is 0.0218 e. The summed E-state index contributed by atoms with van der Waals surface area (Å²) >= 11 is 0. The van der Waals surface area contributed by atoms with Crippen molar-refractivity contribution in [2.75, 3.05) is 0 Å². The molecule has 98 valence electrons. The zero-order valence-electron chi connectivity index (χ0n) is 12.6. The second kappa shape index (κ2) is 3.62. The molecule has 0 bridgehead atoms. The second-order valence-electron chi connectivity index (χ2n) is 8.02. The van der Waals surface area contributed by atoms with Crippen LogP contribution in [0.3, 0.4) is 0 Å². The average Bonchev–Trinajstić information content (AvgIpc) is 2.67. The number of hydrogen-bond donors (Lipinski definition) is 0. The Morgan fingerprint density at radius 1 is 0.833 bits per heavy atom. The topological polar surface area (TPSA) is 0 Å². The highest BCUT2D eigenvalue weighted by molar-refractivity contribution is 5.52. The van der Waals surface area contributed by atoms with Crippen molar-refractivity contribution in [3.63, 3.8) is 0 Å². The number of rotatable bonds is 1. The summed E-state index contributed by atoms with van der Waals surface area (Å²) in [6, 6.07) is 2.55. The summed E-state index contributed by atoms with van der Waals surface area (Å²) in [5, 5.41) is 0. The predicted molar refractivity (Wildman–Crippen MR) is 78.2 cm³/mol. The molecule has 0 aliphatic heterocycles. The SMILES string of the molecule is CCc1c2c(cc3c1CC(C)(C)C3)CC(C)(C)C2. The first-order chi connectivity index (χ1) is 8.31. The van der Waals surface area contributed by atoms with Crippen LogP contribution in [0, 0.1) is 10.8 Å². The Morgan fingerprint density at radius 2 is 1.28 bits per heavy atom. The highest BCUT2D eigenvalue weighted by Crippen LogP contribution is 2.45. The molecule has 1 aromatic carbocycles. The van der Waals surface area contributed by atoms with Crippen molar-refractivity contribution < 1.29 is 0 Å². The average molecular weight is 242 g/mol. The van der Waals surface area contributed by atoms with Gasteiger partial charge in [-0.3, -0.25) is 0 Å². The van der Waals surface area contributed by atoms with Crippen molar-refractivity contribution in [2.45, 2.75) is 66.7 Å². The minimum Gasteiger partial charge on any atom is -0.0613 e. The van der Waals surface area contributed by atoms with Gasteiger partial charge in [0.15, 0.2) is 0 Å². The molecule has 0 spiro atoms. The molecule has 18 heavy (non-hydrogen) atoms. The van der Waals surface area contributed by atoms with Crippen LogP contribution in [-0.2, 0) is 32.1 Å². The van der Waals surface area contributed by atoms with Gasteiger partial charge in [0.25, 0.3) is 0 Å². The van der Waals surface area contributed by atoms with E-state index in [1.807, 2.05) is 0 Å². The van der Waals surface area contributed by atoms with E-state index in [0.29, 0.717) is 10.8 Å². The normalized spacial score (nSPS) is 22.9. The van der Waals surface area contributed by atoms with Gasteiger partial charge in [-0.25, -0.2) is 0 Å². The Balaban J connectivity index is 2.14. The van der Waals surface area contributed by atoms with Crippen molar-refractivity contribution in [3.8, 4) is 0 Å². The molecular weight excluding hydrogens is 216 g/mol.